The Bertz CT molecular complexity index is 3060. The van der Waals surface area contributed by atoms with Crippen molar-refractivity contribution in [2.24, 2.45) is 9.98 Å². The standard InChI is InChI=1S/C45H28N4OS/c1-3-12-27(13-4-1)43-46-44(28-22-25-39-36(26-28)31-17-8-10-21-38(31)50-39)48-45(47-43)35-19-11-18-33-34-24-23-32-30-16-7-9-20-37(30)49(29-14-5-2-6-15-29)40(32)42(34)51-41(33)35/h1-26,44H,(H,46,47,48). The number of aliphatic imine (C=N–C) groups is 2. The van der Waals surface area contributed by atoms with Gasteiger partial charge in [0.1, 0.15) is 23.2 Å². The molecule has 10 aromatic rings. The van der Waals surface area contributed by atoms with Crippen LogP contribution < -0.4 is 5.32 Å². The number of amidine groups is 2. The second-order valence-electron chi connectivity index (χ2n) is 13.0. The van der Waals surface area contributed by atoms with Crippen molar-refractivity contribution < 1.29 is 4.42 Å². The highest BCUT2D eigenvalue weighted by Gasteiger charge is 2.25. The number of nitrogens with zero attached hydrogens (tertiary/aromatic N) is 3. The Labute approximate surface area is 296 Å². The van der Waals surface area contributed by atoms with E-state index in [0.29, 0.717) is 5.84 Å². The summed E-state index contributed by atoms with van der Waals surface area (Å²) >= 11 is 1.84. The Hall–Kier alpha value is -6.50. The van der Waals surface area contributed by atoms with Gasteiger partial charge < -0.3 is 14.3 Å². The first-order chi connectivity index (χ1) is 25.3. The fraction of sp³-hybridized carbons (Fsp3) is 0.0222. The third-order valence-corrected chi connectivity index (χ3v) is 11.3. The van der Waals surface area contributed by atoms with Gasteiger partial charge in [0.25, 0.3) is 0 Å². The van der Waals surface area contributed by atoms with Gasteiger partial charge in [-0.2, -0.15) is 0 Å². The van der Waals surface area contributed by atoms with Gasteiger partial charge in [0, 0.05) is 53.8 Å². The topological polar surface area (TPSA) is 54.8 Å². The molecule has 4 heterocycles. The van der Waals surface area contributed by atoms with Crippen LogP contribution in [0.1, 0.15) is 22.9 Å². The summed E-state index contributed by atoms with van der Waals surface area (Å²) in [5, 5.41) is 10.9. The van der Waals surface area contributed by atoms with E-state index >= 15 is 0 Å². The second-order valence-corrected chi connectivity index (χ2v) is 14.0. The highest BCUT2D eigenvalue weighted by atomic mass is 32.1. The molecule has 0 amide bonds. The third-order valence-electron chi connectivity index (χ3n) is 10.1. The molecule has 1 atom stereocenters. The lowest BCUT2D eigenvalue weighted by atomic mass is 10.0. The van der Waals surface area contributed by atoms with Crippen molar-refractivity contribution in [3.8, 4) is 5.69 Å². The van der Waals surface area contributed by atoms with Gasteiger partial charge in [0.05, 0.1) is 15.7 Å². The van der Waals surface area contributed by atoms with Crippen molar-refractivity contribution in [1.82, 2.24) is 9.88 Å². The highest BCUT2D eigenvalue weighted by molar-refractivity contribution is 7.27. The first-order valence-electron chi connectivity index (χ1n) is 17.1. The predicted molar refractivity (Wildman–Crippen MR) is 213 cm³/mol. The monoisotopic (exact) mass is 672 g/mol. The third kappa shape index (κ3) is 4.33. The molecule has 11 rings (SSSR count). The summed E-state index contributed by atoms with van der Waals surface area (Å²) in [7, 11) is 0. The number of fused-ring (bicyclic) bond motifs is 10. The molecule has 0 spiro atoms. The number of furan rings is 1. The summed E-state index contributed by atoms with van der Waals surface area (Å²) in [4.78, 5) is 10.4. The van der Waals surface area contributed by atoms with Gasteiger partial charge in [-0.25, -0.2) is 9.98 Å². The van der Waals surface area contributed by atoms with Crippen molar-refractivity contribution in [2.45, 2.75) is 6.17 Å². The van der Waals surface area contributed by atoms with Gasteiger partial charge in [-0.3, -0.25) is 0 Å². The zero-order chi connectivity index (χ0) is 33.5. The first kappa shape index (κ1) is 28.3. The van der Waals surface area contributed by atoms with E-state index in [9.17, 15) is 0 Å². The van der Waals surface area contributed by atoms with Crippen molar-refractivity contribution in [3.63, 3.8) is 0 Å². The minimum atomic E-state index is -0.345. The Morgan fingerprint density at radius 3 is 2.16 bits per heavy atom. The predicted octanol–water partition coefficient (Wildman–Crippen LogP) is 11.5. The smallest absolute Gasteiger partial charge is 0.159 e. The number of para-hydroxylation sites is 3. The number of nitrogens with one attached hydrogen (secondary N) is 1. The summed E-state index contributed by atoms with van der Waals surface area (Å²) in [6, 6.07) is 55.4. The molecule has 0 bridgehead atoms. The molecule has 0 fully saturated rings. The maximum absolute atomic E-state index is 6.16. The zero-order valence-corrected chi connectivity index (χ0v) is 28.1. The Balaban J connectivity index is 1.12. The van der Waals surface area contributed by atoms with E-state index in [1.165, 1.54) is 42.0 Å². The quantitative estimate of drug-likeness (QED) is 0.202. The molecule has 5 nitrogen and oxygen atoms in total. The lowest BCUT2D eigenvalue weighted by Gasteiger charge is -2.24. The number of rotatable bonds is 4. The van der Waals surface area contributed by atoms with E-state index in [2.05, 4.69) is 137 Å². The molecule has 1 unspecified atom stereocenters. The number of benzene rings is 7. The number of hydrogen-bond acceptors (Lipinski definition) is 5. The van der Waals surface area contributed by atoms with Crippen LogP contribution in [0.15, 0.2) is 172 Å². The summed E-state index contributed by atoms with van der Waals surface area (Å²) < 4.78 is 11.0. The van der Waals surface area contributed by atoms with Crippen LogP contribution in [0.3, 0.4) is 0 Å². The van der Waals surface area contributed by atoms with E-state index in [0.717, 1.165) is 50.2 Å². The van der Waals surface area contributed by atoms with Crippen molar-refractivity contribution in [2.75, 3.05) is 0 Å². The van der Waals surface area contributed by atoms with Gasteiger partial charge in [-0.1, -0.05) is 115 Å². The maximum atomic E-state index is 6.16. The van der Waals surface area contributed by atoms with Crippen LogP contribution in [0.5, 0.6) is 0 Å². The molecule has 1 aliphatic rings. The summed E-state index contributed by atoms with van der Waals surface area (Å²) in [6.07, 6.45) is -0.345. The number of aromatic nitrogens is 1. The van der Waals surface area contributed by atoms with Crippen LogP contribution in [-0.2, 0) is 0 Å². The Morgan fingerprint density at radius 2 is 1.27 bits per heavy atom. The normalized spacial score (nSPS) is 14.9. The number of thiophene rings is 1. The SMILES string of the molecule is c1ccc(C2=NC(c3ccc4oc5ccccc5c4c3)NC(c3cccc4c3sc3c4ccc4c5ccccc5n(-c5ccccc5)c43)=N2)cc1. The minimum Gasteiger partial charge on any atom is -0.456 e. The molecule has 1 aliphatic heterocycles. The average Bonchev–Trinajstić information content (AvgIpc) is 3.88. The largest absolute Gasteiger partial charge is 0.456 e. The molecular formula is C45H28N4OS. The van der Waals surface area contributed by atoms with Gasteiger partial charge in [-0.05, 0) is 48.0 Å². The van der Waals surface area contributed by atoms with Crippen LogP contribution in [0, 0.1) is 0 Å². The molecule has 3 aromatic heterocycles. The molecule has 1 N–H and O–H groups in total. The molecule has 0 aliphatic carbocycles. The lowest BCUT2D eigenvalue weighted by Crippen LogP contribution is -2.33. The molecule has 7 aromatic carbocycles. The molecule has 0 saturated carbocycles. The zero-order valence-electron chi connectivity index (χ0n) is 27.2. The van der Waals surface area contributed by atoms with Gasteiger partial charge >= 0.3 is 0 Å². The summed E-state index contributed by atoms with van der Waals surface area (Å²) in [5.74, 6) is 1.51. The van der Waals surface area contributed by atoms with Crippen molar-refractivity contribution >= 4 is 86.9 Å². The van der Waals surface area contributed by atoms with Gasteiger partial charge in [-0.15, -0.1) is 11.3 Å². The minimum absolute atomic E-state index is 0.345. The molecule has 6 heteroatoms. The van der Waals surface area contributed by atoms with Crippen molar-refractivity contribution in [1.29, 1.82) is 0 Å². The molecule has 0 saturated heterocycles. The lowest BCUT2D eigenvalue weighted by molar-refractivity contribution is 0.663. The van der Waals surface area contributed by atoms with E-state index in [-0.39, 0.29) is 6.17 Å². The van der Waals surface area contributed by atoms with Crippen LogP contribution in [-0.4, -0.2) is 16.2 Å². The van der Waals surface area contributed by atoms with E-state index in [1.54, 1.807) is 0 Å². The maximum Gasteiger partial charge on any atom is 0.159 e. The molecule has 0 radical (unpaired) electrons. The molecule has 51 heavy (non-hydrogen) atoms. The molecular weight excluding hydrogens is 645 g/mol. The fourth-order valence-electron chi connectivity index (χ4n) is 7.72. The van der Waals surface area contributed by atoms with Crippen molar-refractivity contribution in [3.05, 3.63) is 174 Å². The van der Waals surface area contributed by atoms with Crippen LogP contribution >= 0.6 is 11.3 Å². The van der Waals surface area contributed by atoms with E-state index in [4.69, 9.17) is 14.4 Å². The van der Waals surface area contributed by atoms with Gasteiger partial charge in [0.15, 0.2) is 5.84 Å². The average molecular weight is 673 g/mol. The van der Waals surface area contributed by atoms with E-state index in [1.807, 2.05) is 41.7 Å². The van der Waals surface area contributed by atoms with Crippen LogP contribution in [0.25, 0.3) is 69.6 Å². The highest BCUT2D eigenvalue weighted by Crippen LogP contribution is 2.44. The van der Waals surface area contributed by atoms with Crippen LogP contribution in [0.4, 0.5) is 0 Å². The molecule has 240 valence electrons. The Kier molecular flexibility index (Phi) is 6.12. The fourth-order valence-corrected chi connectivity index (χ4v) is 9.08. The summed E-state index contributed by atoms with van der Waals surface area (Å²) in [6.45, 7) is 0. The number of hydrogen-bond donors (Lipinski definition) is 1. The van der Waals surface area contributed by atoms with E-state index < -0.39 is 0 Å². The first-order valence-corrected chi connectivity index (χ1v) is 17.9. The summed E-state index contributed by atoms with van der Waals surface area (Å²) in [5.41, 5.74) is 8.43. The Morgan fingerprint density at radius 1 is 0.569 bits per heavy atom. The second kappa shape index (κ2) is 11.0. The van der Waals surface area contributed by atoms with Crippen LogP contribution in [0.2, 0.25) is 0 Å². The van der Waals surface area contributed by atoms with Gasteiger partial charge in [0.2, 0.25) is 0 Å².